The molecule has 2 rings (SSSR count). The quantitative estimate of drug-likeness (QED) is 0.750. The van der Waals surface area contributed by atoms with Crippen molar-refractivity contribution in [2.24, 2.45) is 0 Å². The first-order valence-corrected chi connectivity index (χ1v) is 7.92. The van der Waals surface area contributed by atoms with Crippen LogP contribution in [0.1, 0.15) is 29.7 Å². The highest BCUT2D eigenvalue weighted by Crippen LogP contribution is 2.24. The minimum absolute atomic E-state index is 0.180. The van der Waals surface area contributed by atoms with Gasteiger partial charge in [0.2, 0.25) is 0 Å². The highest BCUT2D eigenvalue weighted by molar-refractivity contribution is 14.1. The van der Waals surface area contributed by atoms with Gasteiger partial charge in [-0.1, -0.05) is 37.3 Å². The molecule has 0 radical (unpaired) electrons. The van der Waals surface area contributed by atoms with E-state index in [9.17, 15) is 4.39 Å². The molecule has 2 aromatic carbocycles. The molecule has 0 bridgehead atoms. The van der Waals surface area contributed by atoms with E-state index in [2.05, 4.69) is 59.1 Å². The maximum Gasteiger partial charge on any atom is 0.124 e. The first kappa shape index (κ1) is 15.4. The number of benzene rings is 2. The number of nitrogens with one attached hydrogen (secondary N) is 1. The molecule has 0 spiro atoms. The van der Waals surface area contributed by atoms with E-state index in [4.69, 9.17) is 0 Å². The van der Waals surface area contributed by atoms with Crippen molar-refractivity contribution in [2.75, 3.05) is 7.05 Å². The number of hydrogen-bond donors (Lipinski definition) is 1. The van der Waals surface area contributed by atoms with Gasteiger partial charge in [-0.05, 0) is 71.3 Å². The van der Waals surface area contributed by atoms with Gasteiger partial charge in [0.15, 0.2) is 0 Å². The Balaban J connectivity index is 2.19. The molecule has 0 saturated heterocycles. The molecular formula is C17H19FIN. The van der Waals surface area contributed by atoms with Crippen LogP contribution in [0.15, 0.2) is 42.5 Å². The van der Waals surface area contributed by atoms with Gasteiger partial charge >= 0.3 is 0 Å². The Morgan fingerprint density at radius 3 is 2.30 bits per heavy atom. The van der Waals surface area contributed by atoms with E-state index in [0.29, 0.717) is 0 Å². The van der Waals surface area contributed by atoms with Crippen molar-refractivity contribution in [1.29, 1.82) is 0 Å². The van der Waals surface area contributed by atoms with Gasteiger partial charge in [-0.25, -0.2) is 4.39 Å². The first-order valence-electron chi connectivity index (χ1n) is 6.84. The van der Waals surface area contributed by atoms with Crippen LogP contribution in [0.25, 0.3) is 0 Å². The lowest BCUT2D eigenvalue weighted by atomic mass is 9.98. The zero-order valence-corrected chi connectivity index (χ0v) is 13.9. The Hall–Kier alpha value is -0.940. The number of halogens is 2. The van der Waals surface area contributed by atoms with Crippen LogP contribution in [0.3, 0.4) is 0 Å². The average molecular weight is 383 g/mol. The molecule has 0 fully saturated rings. The topological polar surface area (TPSA) is 12.0 Å². The second-order valence-corrected chi connectivity index (χ2v) is 6.04. The lowest BCUT2D eigenvalue weighted by Crippen LogP contribution is -2.20. The number of rotatable bonds is 5. The van der Waals surface area contributed by atoms with E-state index in [1.165, 1.54) is 17.2 Å². The van der Waals surface area contributed by atoms with Crippen LogP contribution in [0, 0.1) is 9.39 Å². The van der Waals surface area contributed by atoms with Gasteiger partial charge in [-0.15, -0.1) is 0 Å². The lowest BCUT2D eigenvalue weighted by Gasteiger charge is -2.18. The van der Waals surface area contributed by atoms with Crippen molar-refractivity contribution in [3.05, 3.63) is 68.5 Å². The van der Waals surface area contributed by atoms with E-state index in [1.54, 1.807) is 6.07 Å². The largest absolute Gasteiger partial charge is 0.313 e. The van der Waals surface area contributed by atoms with Crippen LogP contribution in [0.5, 0.6) is 0 Å². The summed E-state index contributed by atoms with van der Waals surface area (Å²) in [7, 11) is 1.95. The number of hydrogen-bond acceptors (Lipinski definition) is 1. The fraction of sp³-hybridized carbons (Fsp3) is 0.294. The molecule has 0 aliphatic carbocycles. The SMILES string of the molecule is CCc1ccc(CC(NC)c2ccc(F)cc2I)cc1. The molecule has 106 valence electrons. The average Bonchev–Trinajstić information content (AvgIpc) is 2.46. The highest BCUT2D eigenvalue weighted by Gasteiger charge is 2.13. The number of aryl methyl sites for hydroxylation is 1. The van der Waals surface area contributed by atoms with E-state index in [1.807, 2.05) is 13.1 Å². The van der Waals surface area contributed by atoms with Gasteiger partial charge < -0.3 is 5.32 Å². The third-order valence-electron chi connectivity index (χ3n) is 3.56. The second kappa shape index (κ2) is 7.18. The van der Waals surface area contributed by atoms with E-state index in [0.717, 1.165) is 22.0 Å². The van der Waals surface area contributed by atoms with E-state index >= 15 is 0 Å². The number of likely N-dealkylation sites (N-methyl/N-ethyl adjacent to an activating group) is 1. The fourth-order valence-electron chi connectivity index (χ4n) is 2.30. The fourth-order valence-corrected chi connectivity index (χ4v) is 3.15. The third-order valence-corrected chi connectivity index (χ3v) is 4.49. The molecule has 0 aliphatic rings. The zero-order chi connectivity index (χ0) is 14.5. The van der Waals surface area contributed by atoms with Crippen molar-refractivity contribution in [3.8, 4) is 0 Å². The van der Waals surface area contributed by atoms with E-state index in [-0.39, 0.29) is 11.9 Å². The summed E-state index contributed by atoms with van der Waals surface area (Å²) in [6.07, 6.45) is 1.97. The molecule has 3 heteroatoms. The van der Waals surface area contributed by atoms with Crippen molar-refractivity contribution in [1.82, 2.24) is 5.32 Å². The van der Waals surface area contributed by atoms with Crippen LogP contribution in [-0.2, 0) is 12.8 Å². The third kappa shape index (κ3) is 3.79. The summed E-state index contributed by atoms with van der Waals surface area (Å²) in [4.78, 5) is 0. The molecule has 20 heavy (non-hydrogen) atoms. The van der Waals surface area contributed by atoms with Crippen molar-refractivity contribution in [3.63, 3.8) is 0 Å². The molecule has 0 amide bonds. The summed E-state index contributed by atoms with van der Waals surface area (Å²) in [5.74, 6) is -0.180. The summed E-state index contributed by atoms with van der Waals surface area (Å²) < 4.78 is 14.2. The van der Waals surface area contributed by atoms with E-state index < -0.39 is 0 Å². The standard InChI is InChI=1S/C17H19FIN/c1-3-12-4-6-13(7-5-12)10-17(20-2)15-9-8-14(18)11-16(15)19/h4-9,11,17,20H,3,10H2,1-2H3. The Bertz CT molecular complexity index is 566. The van der Waals surface area contributed by atoms with Crippen LogP contribution < -0.4 is 5.32 Å². The normalized spacial score (nSPS) is 12.4. The predicted molar refractivity (Wildman–Crippen MR) is 90.4 cm³/mol. The molecule has 0 heterocycles. The monoisotopic (exact) mass is 383 g/mol. The molecule has 2 aromatic rings. The Kier molecular flexibility index (Phi) is 5.54. The molecular weight excluding hydrogens is 364 g/mol. The van der Waals surface area contributed by atoms with Crippen LogP contribution in [0.4, 0.5) is 4.39 Å². The van der Waals surface area contributed by atoms with Crippen LogP contribution in [-0.4, -0.2) is 7.05 Å². The van der Waals surface area contributed by atoms with Gasteiger partial charge in [0.1, 0.15) is 5.82 Å². The van der Waals surface area contributed by atoms with Crippen molar-refractivity contribution < 1.29 is 4.39 Å². The predicted octanol–water partition coefficient (Wildman–Crippen LogP) is 4.50. The molecule has 1 atom stereocenters. The molecule has 0 aliphatic heterocycles. The molecule has 0 aromatic heterocycles. The Morgan fingerprint density at radius 2 is 1.75 bits per heavy atom. The minimum Gasteiger partial charge on any atom is -0.313 e. The minimum atomic E-state index is -0.180. The maximum absolute atomic E-state index is 13.2. The molecule has 1 nitrogen and oxygen atoms in total. The second-order valence-electron chi connectivity index (χ2n) is 4.88. The Morgan fingerprint density at radius 1 is 1.10 bits per heavy atom. The molecule has 1 unspecified atom stereocenters. The highest BCUT2D eigenvalue weighted by atomic mass is 127. The zero-order valence-electron chi connectivity index (χ0n) is 11.8. The smallest absolute Gasteiger partial charge is 0.124 e. The van der Waals surface area contributed by atoms with Gasteiger partial charge in [-0.2, -0.15) is 0 Å². The van der Waals surface area contributed by atoms with Crippen LogP contribution >= 0.6 is 22.6 Å². The van der Waals surface area contributed by atoms with Gasteiger partial charge in [0.05, 0.1) is 0 Å². The maximum atomic E-state index is 13.2. The first-order chi connectivity index (χ1) is 9.63. The summed E-state index contributed by atoms with van der Waals surface area (Å²) in [5, 5.41) is 3.33. The van der Waals surface area contributed by atoms with Crippen molar-refractivity contribution >= 4 is 22.6 Å². The summed E-state index contributed by atoms with van der Waals surface area (Å²) in [6, 6.07) is 13.9. The van der Waals surface area contributed by atoms with Gasteiger partial charge in [0.25, 0.3) is 0 Å². The molecule has 0 saturated carbocycles. The van der Waals surface area contributed by atoms with Gasteiger partial charge in [-0.3, -0.25) is 0 Å². The van der Waals surface area contributed by atoms with Gasteiger partial charge in [0, 0.05) is 9.61 Å². The van der Waals surface area contributed by atoms with Crippen molar-refractivity contribution in [2.45, 2.75) is 25.8 Å². The Labute approximate surface area is 133 Å². The van der Waals surface area contributed by atoms with Crippen LogP contribution in [0.2, 0.25) is 0 Å². The summed E-state index contributed by atoms with van der Waals surface area (Å²) >= 11 is 2.20. The summed E-state index contributed by atoms with van der Waals surface area (Å²) in [5.41, 5.74) is 3.79. The summed E-state index contributed by atoms with van der Waals surface area (Å²) in [6.45, 7) is 2.16. The molecule has 1 N–H and O–H groups in total. The lowest BCUT2D eigenvalue weighted by molar-refractivity contribution is 0.582.